The molecule has 0 fully saturated rings. The van der Waals surface area contributed by atoms with Crippen molar-refractivity contribution < 1.29 is 9.90 Å². The van der Waals surface area contributed by atoms with Gasteiger partial charge in [-0.2, -0.15) is 5.10 Å². The Morgan fingerprint density at radius 2 is 2.11 bits per heavy atom. The van der Waals surface area contributed by atoms with E-state index in [1.54, 1.807) is 17.8 Å². The molecule has 0 amide bonds. The van der Waals surface area contributed by atoms with E-state index in [1.165, 1.54) is 5.56 Å². The largest absolute Gasteiger partial charge is 0.476 e. The minimum atomic E-state index is -0.999. The van der Waals surface area contributed by atoms with E-state index in [9.17, 15) is 4.79 Å². The number of nitrogens with zero attached hydrogens (tertiary/aromatic N) is 2. The number of aromatic nitrogens is 2. The zero-order valence-electron chi connectivity index (χ0n) is 10.8. The van der Waals surface area contributed by atoms with Crippen LogP contribution in [0.2, 0.25) is 0 Å². The minimum Gasteiger partial charge on any atom is -0.476 e. The molecule has 1 N–H and O–H groups in total. The van der Waals surface area contributed by atoms with Crippen molar-refractivity contribution >= 4 is 5.97 Å². The number of aryl methyl sites for hydroxylation is 3. The predicted octanol–water partition coefficient (Wildman–Crippen LogP) is 2.66. The van der Waals surface area contributed by atoms with Crippen molar-refractivity contribution in [2.24, 2.45) is 7.05 Å². The summed E-state index contributed by atoms with van der Waals surface area (Å²) >= 11 is 0. The third-order valence-corrected chi connectivity index (χ3v) is 3.09. The Morgan fingerprint density at radius 1 is 1.39 bits per heavy atom. The van der Waals surface area contributed by atoms with Crippen molar-refractivity contribution in [3.63, 3.8) is 0 Å². The first-order valence-corrected chi connectivity index (χ1v) is 5.90. The second-order valence-corrected chi connectivity index (χ2v) is 4.35. The highest BCUT2D eigenvalue weighted by Crippen LogP contribution is 2.25. The highest BCUT2D eigenvalue weighted by molar-refractivity contribution is 5.87. The number of carboxylic acids is 1. The summed E-state index contributed by atoms with van der Waals surface area (Å²) in [4.78, 5) is 10.9. The van der Waals surface area contributed by atoms with E-state index in [4.69, 9.17) is 5.11 Å². The molecule has 4 nitrogen and oxygen atoms in total. The molecule has 0 unspecified atom stereocenters. The molecule has 1 heterocycles. The maximum absolute atomic E-state index is 10.9. The van der Waals surface area contributed by atoms with Gasteiger partial charge in [0.1, 0.15) is 0 Å². The molecule has 1 aromatic heterocycles. The SMILES string of the molecule is CCc1ccc(C)c(-c2cc(C(=O)O)nn2C)c1. The zero-order chi connectivity index (χ0) is 13.3. The van der Waals surface area contributed by atoms with E-state index in [-0.39, 0.29) is 5.69 Å². The Morgan fingerprint density at radius 3 is 2.67 bits per heavy atom. The summed E-state index contributed by atoms with van der Waals surface area (Å²) in [5.74, 6) is -0.999. The number of hydrogen-bond donors (Lipinski definition) is 1. The summed E-state index contributed by atoms with van der Waals surface area (Å²) in [6.07, 6.45) is 0.955. The molecule has 0 spiro atoms. The molecule has 0 saturated heterocycles. The van der Waals surface area contributed by atoms with Crippen LogP contribution in [0.5, 0.6) is 0 Å². The normalized spacial score (nSPS) is 10.6. The second-order valence-electron chi connectivity index (χ2n) is 4.35. The van der Waals surface area contributed by atoms with E-state index in [0.717, 1.165) is 23.2 Å². The van der Waals surface area contributed by atoms with Crippen LogP contribution < -0.4 is 0 Å². The molecular formula is C14H16N2O2. The maximum Gasteiger partial charge on any atom is 0.356 e. The van der Waals surface area contributed by atoms with Crippen molar-refractivity contribution in [3.05, 3.63) is 41.1 Å². The van der Waals surface area contributed by atoms with Gasteiger partial charge in [0, 0.05) is 12.6 Å². The van der Waals surface area contributed by atoms with Gasteiger partial charge < -0.3 is 5.11 Å². The van der Waals surface area contributed by atoms with Gasteiger partial charge in [0.25, 0.3) is 0 Å². The molecule has 0 radical (unpaired) electrons. The fourth-order valence-corrected chi connectivity index (χ4v) is 1.99. The summed E-state index contributed by atoms with van der Waals surface area (Å²) in [6.45, 7) is 4.11. The molecule has 0 aliphatic heterocycles. The van der Waals surface area contributed by atoms with Crippen molar-refractivity contribution in [3.8, 4) is 11.3 Å². The summed E-state index contributed by atoms with van der Waals surface area (Å²) < 4.78 is 1.62. The molecule has 18 heavy (non-hydrogen) atoms. The van der Waals surface area contributed by atoms with E-state index in [2.05, 4.69) is 30.2 Å². The van der Waals surface area contributed by atoms with Crippen LogP contribution in [0.3, 0.4) is 0 Å². The molecule has 94 valence electrons. The fraction of sp³-hybridized carbons (Fsp3) is 0.286. The lowest BCUT2D eigenvalue weighted by Crippen LogP contribution is -1.99. The highest BCUT2D eigenvalue weighted by atomic mass is 16.4. The van der Waals surface area contributed by atoms with Crippen LogP contribution in [0.4, 0.5) is 0 Å². The first kappa shape index (κ1) is 12.4. The molecule has 4 heteroatoms. The lowest BCUT2D eigenvalue weighted by atomic mass is 10.0. The molecule has 0 aliphatic carbocycles. The third-order valence-electron chi connectivity index (χ3n) is 3.09. The van der Waals surface area contributed by atoms with E-state index in [1.807, 2.05) is 6.92 Å². The predicted molar refractivity (Wildman–Crippen MR) is 69.7 cm³/mol. The Kier molecular flexibility index (Phi) is 3.19. The lowest BCUT2D eigenvalue weighted by molar-refractivity contribution is 0.0689. The zero-order valence-corrected chi connectivity index (χ0v) is 10.8. The summed E-state index contributed by atoms with van der Waals surface area (Å²) in [7, 11) is 1.76. The van der Waals surface area contributed by atoms with Gasteiger partial charge in [-0.15, -0.1) is 0 Å². The van der Waals surface area contributed by atoms with Gasteiger partial charge in [-0.3, -0.25) is 4.68 Å². The van der Waals surface area contributed by atoms with Crippen LogP contribution in [-0.4, -0.2) is 20.9 Å². The van der Waals surface area contributed by atoms with Gasteiger partial charge in [0.2, 0.25) is 0 Å². The average molecular weight is 244 g/mol. The third kappa shape index (κ3) is 2.14. The van der Waals surface area contributed by atoms with E-state index < -0.39 is 5.97 Å². The Hall–Kier alpha value is -2.10. The number of carbonyl (C=O) groups is 1. The number of carboxylic acid groups (broad SMARTS) is 1. The summed E-state index contributed by atoms with van der Waals surface area (Å²) in [6, 6.07) is 7.86. The van der Waals surface area contributed by atoms with Gasteiger partial charge in [-0.25, -0.2) is 4.79 Å². The molecule has 0 bridgehead atoms. The topological polar surface area (TPSA) is 55.1 Å². The maximum atomic E-state index is 10.9. The Labute approximate surface area is 106 Å². The molecular weight excluding hydrogens is 228 g/mol. The van der Waals surface area contributed by atoms with Crippen molar-refractivity contribution in [2.45, 2.75) is 20.3 Å². The van der Waals surface area contributed by atoms with Crippen molar-refractivity contribution in [2.75, 3.05) is 0 Å². The lowest BCUT2D eigenvalue weighted by Gasteiger charge is -2.08. The van der Waals surface area contributed by atoms with Crippen LogP contribution in [0.1, 0.15) is 28.5 Å². The second kappa shape index (κ2) is 4.64. The van der Waals surface area contributed by atoms with Crippen LogP contribution in [0.25, 0.3) is 11.3 Å². The van der Waals surface area contributed by atoms with Crippen molar-refractivity contribution in [1.82, 2.24) is 9.78 Å². The first-order chi connectivity index (χ1) is 8.52. The number of aromatic carboxylic acids is 1. The molecule has 0 aliphatic rings. The average Bonchev–Trinajstić information content (AvgIpc) is 2.72. The van der Waals surface area contributed by atoms with Gasteiger partial charge in [0.15, 0.2) is 5.69 Å². The smallest absolute Gasteiger partial charge is 0.356 e. The van der Waals surface area contributed by atoms with Crippen molar-refractivity contribution in [1.29, 1.82) is 0 Å². The molecule has 1 aromatic carbocycles. The van der Waals surface area contributed by atoms with E-state index >= 15 is 0 Å². The van der Waals surface area contributed by atoms with E-state index in [0.29, 0.717) is 0 Å². The van der Waals surface area contributed by atoms with Gasteiger partial charge in [0.05, 0.1) is 5.69 Å². The minimum absolute atomic E-state index is 0.0776. The van der Waals surface area contributed by atoms with Gasteiger partial charge >= 0.3 is 5.97 Å². The van der Waals surface area contributed by atoms with Crippen LogP contribution in [0, 0.1) is 6.92 Å². The molecule has 0 saturated carbocycles. The molecule has 0 atom stereocenters. The summed E-state index contributed by atoms with van der Waals surface area (Å²) in [5, 5.41) is 13.0. The first-order valence-electron chi connectivity index (χ1n) is 5.90. The number of benzene rings is 1. The van der Waals surface area contributed by atoms with Crippen LogP contribution in [-0.2, 0) is 13.5 Å². The molecule has 2 aromatic rings. The van der Waals surface area contributed by atoms with Crippen LogP contribution >= 0.6 is 0 Å². The monoisotopic (exact) mass is 244 g/mol. The quantitative estimate of drug-likeness (QED) is 0.903. The number of hydrogen-bond acceptors (Lipinski definition) is 2. The molecule has 2 rings (SSSR count). The Bertz CT molecular complexity index is 600. The standard InChI is InChI=1S/C14H16N2O2/c1-4-10-6-5-9(2)11(7-10)13-8-12(14(17)18)15-16(13)3/h5-8H,4H2,1-3H3,(H,17,18). The van der Waals surface area contributed by atoms with Gasteiger partial charge in [-0.05, 0) is 36.6 Å². The van der Waals surface area contributed by atoms with Gasteiger partial charge in [-0.1, -0.05) is 19.1 Å². The van der Waals surface area contributed by atoms with Crippen LogP contribution in [0.15, 0.2) is 24.3 Å². The highest BCUT2D eigenvalue weighted by Gasteiger charge is 2.14. The number of rotatable bonds is 3. The Balaban J connectivity index is 2.57. The fourth-order valence-electron chi connectivity index (χ4n) is 1.99. The summed E-state index contributed by atoms with van der Waals surface area (Å²) in [5.41, 5.74) is 4.30.